The van der Waals surface area contributed by atoms with Gasteiger partial charge in [-0.2, -0.15) is 0 Å². The van der Waals surface area contributed by atoms with Crippen molar-refractivity contribution < 1.29 is 9.53 Å². The van der Waals surface area contributed by atoms with Gasteiger partial charge in [0.25, 0.3) is 0 Å². The van der Waals surface area contributed by atoms with Crippen LogP contribution in [-0.4, -0.2) is 17.7 Å². The highest BCUT2D eigenvalue weighted by Gasteiger charge is 2.18. The Morgan fingerprint density at radius 2 is 2.06 bits per heavy atom. The van der Waals surface area contributed by atoms with Crippen LogP contribution in [-0.2, 0) is 4.74 Å². The lowest BCUT2D eigenvalue weighted by molar-refractivity contribution is 0.105. The van der Waals surface area contributed by atoms with Gasteiger partial charge in [0, 0.05) is 5.54 Å². The molecule has 0 heterocycles. The standard InChI is InChI=1S/C14H25NO2/c1-11-7-5-9-12(10-6-8-11)17-13(16)15-14(2,3)4/h5,9,11-12H,6-8,10H2,1-4H3,(H,15,16)/b9-5+. The number of alkyl carbamates (subject to hydrolysis) is 1. The van der Waals surface area contributed by atoms with E-state index in [-0.39, 0.29) is 17.7 Å². The minimum absolute atomic E-state index is 0.0650. The quantitative estimate of drug-likeness (QED) is 0.709. The molecule has 1 aliphatic rings. The maximum atomic E-state index is 11.6. The van der Waals surface area contributed by atoms with E-state index in [1.54, 1.807) is 0 Å². The normalized spacial score (nSPS) is 27.8. The van der Waals surface area contributed by atoms with Crippen LogP contribution in [0.4, 0.5) is 4.79 Å². The van der Waals surface area contributed by atoms with Crippen LogP contribution in [0, 0.1) is 5.92 Å². The van der Waals surface area contributed by atoms with Crippen molar-refractivity contribution in [1.82, 2.24) is 5.32 Å². The Kier molecular flexibility index (Phi) is 5.03. The molecule has 1 amide bonds. The Bertz CT molecular complexity index is 278. The van der Waals surface area contributed by atoms with Crippen LogP contribution in [0.25, 0.3) is 0 Å². The molecular weight excluding hydrogens is 214 g/mol. The SMILES string of the molecule is CC1C/C=C/C(OC(=O)NC(C)(C)C)CCC1. The summed E-state index contributed by atoms with van der Waals surface area (Å²) in [7, 11) is 0. The largest absolute Gasteiger partial charge is 0.442 e. The van der Waals surface area contributed by atoms with Crippen molar-refractivity contribution in [3.63, 3.8) is 0 Å². The number of allylic oxidation sites excluding steroid dienone is 1. The minimum Gasteiger partial charge on any atom is -0.442 e. The summed E-state index contributed by atoms with van der Waals surface area (Å²) in [4.78, 5) is 11.6. The zero-order chi connectivity index (χ0) is 12.9. The molecule has 17 heavy (non-hydrogen) atoms. The molecule has 1 aliphatic carbocycles. The molecule has 1 rings (SSSR count). The lowest BCUT2D eigenvalue weighted by Gasteiger charge is -2.23. The fourth-order valence-electron chi connectivity index (χ4n) is 1.92. The van der Waals surface area contributed by atoms with Crippen molar-refractivity contribution in [3.05, 3.63) is 12.2 Å². The summed E-state index contributed by atoms with van der Waals surface area (Å²) in [5, 5.41) is 2.82. The van der Waals surface area contributed by atoms with E-state index in [4.69, 9.17) is 4.74 Å². The van der Waals surface area contributed by atoms with Gasteiger partial charge in [-0.15, -0.1) is 0 Å². The highest BCUT2D eigenvalue weighted by molar-refractivity contribution is 5.68. The van der Waals surface area contributed by atoms with Crippen LogP contribution in [0.1, 0.15) is 53.4 Å². The van der Waals surface area contributed by atoms with E-state index < -0.39 is 0 Å². The molecule has 0 bridgehead atoms. The molecule has 0 radical (unpaired) electrons. The van der Waals surface area contributed by atoms with Gasteiger partial charge in [0.05, 0.1) is 0 Å². The first-order valence-corrected chi connectivity index (χ1v) is 6.52. The molecule has 0 spiro atoms. The molecule has 3 heteroatoms. The average Bonchev–Trinajstić information content (AvgIpc) is 2.10. The molecule has 0 saturated heterocycles. The second-order valence-corrected chi connectivity index (χ2v) is 6.02. The van der Waals surface area contributed by atoms with Crippen LogP contribution in [0.5, 0.6) is 0 Å². The minimum atomic E-state index is -0.319. The third kappa shape index (κ3) is 6.35. The highest BCUT2D eigenvalue weighted by Crippen LogP contribution is 2.19. The summed E-state index contributed by atoms with van der Waals surface area (Å²) >= 11 is 0. The molecule has 0 fully saturated rings. The second kappa shape index (κ2) is 6.08. The Hall–Kier alpha value is -0.990. The van der Waals surface area contributed by atoms with Crippen LogP contribution in [0.15, 0.2) is 12.2 Å². The molecule has 0 saturated carbocycles. The third-order valence-electron chi connectivity index (χ3n) is 2.81. The number of ether oxygens (including phenoxy) is 1. The first-order chi connectivity index (χ1) is 7.87. The van der Waals surface area contributed by atoms with Crippen molar-refractivity contribution in [2.75, 3.05) is 0 Å². The number of carbonyl (C=O) groups is 1. The predicted molar refractivity (Wildman–Crippen MR) is 69.9 cm³/mol. The Morgan fingerprint density at radius 1 is 1.35 bits per heavy atom. The van der Waals surface area contributed by atoms with Crippen molar-refractivity contribution in [2.24, 2.45) is 5.92 Å². The number of nitrogens with one attached hydrogen (secondary N) is 1. The Labute approximate surface area is 105 Å². The van der Waals surface area contributed by atoms with Crippen molar-refractivity contribution >= 4 is 6.09 Å². The molecule has 0 aromatic rings. The van der Waals surface area contributed by atoms with E-state index in [2.05, 4.69) is 18.3 Å². The topological polar surface area (TPSA) is 38.3 Å². The summed E-state index contributed by atoms with van der Waals surface area (Å²) in [6.45, 7) is 8.11. The molecular formula is C14H25NO2. The number of hydrogen-bond acceptors (Lipinski definition) is 2. The third-order valence-corrected chi connectivity index (χ3v) is 2.81. The number of carbonyl (C=O) groups excluding carboxylic acids is 1. The van der Waals surface area contributed by atoms with Gasteiger partial charge in [0.2, 0.25) is 0 Å². The van der Waals surface area contributed by atoms with E-state index >= 15 is 0 Å². The Balaban J connectivity index is 2.42. The molecule has 0 aliphatic heterocycles. The van der Waals surface area contributed by atoms with Crippen LogP contribution < -0.4 is 5.32 Å². The van der Waals surface area contributed by atoms with Crippen molar-refractivity contribution in [2.45, 2.75) is 65.0 Å². The molecule has 98 valence electrons. The molecule has 1 N–H and O–H groups in total. The maximum absolute atomic E-state index is 11.6. The zero-order valence-corrected chi connectivity index (χ0v) is 11.5. The van der Waals surface area contributed by atoms with Gasteiger partial charge in [0.1, 0.15) is 6.10 Å². The second-order valence-electron chi connectivity index (χ2n) is 6.02. The Morgan fingerprint density at radius 3 is 2.71 bits per heavy atom. The monoisotopic (exact) mass is 239 g/mol. The van der Waals surface area contributed by atoms with Crippen LogP contribution in [0.3, 0.4) is 0 Å². The maximum Gasteiger partial charge on any atom is 0.408 e. The van der Waals surface area contributed by atoms with Crippen LogP contribution in [0.2, 0.25) is 0 Å². The van der Waals surface area contributed by atoms with E-state index in [9.17, 15) is 4.79 Å². The van der Waals surface area contributed by atoms with Gasteiger partial charge >= 0.3 is 6.09 Å². The molecule has 0 aromatic heterocycles. The highest BCUT2D eigenvalue weighted by atomic mass is 16.6. The molecule has 2 atom stereocenters. The fraction of sp³-hybridized carbons (Fsp3) is 0.786. The molecule has 0 aromatic carbocycles. The van der Waals surface area contributed by atoms with E-state index in [0.29, 0.717) is 0 Å². The fourth-order valence-corrected chi connectivity index (χ4v) is 1.92. The van der Waals surface area contributed by atoms with Gasteiger partial charge in [-0.25, -0.2) is 4.79 Å². The van der Waals surface area contributed by atoms with Crippen molar-refractivity contribution in [3.8, 4) is 0 Å². The van der Waals surface area contributed by atoms with Gasteiger partial charge in [-0.3, -0.25) is 0 Å². The molecule has 2 unspecified atom stereocenters. The summed E-state index contributed by atoms with van der Waals surface area (Å²) in [5.74, 6) is 0.746. The average molecular weight is 239 g/mol. The summed E-state index contributed by atoms with van der Waals surface area (Å²) in [6.07, 6.45) is 8.13. The number of rotatable bonds is 1. The van der Waals surface area contributed by atoms with E-state index in [0.717, 1.165) is 25.2 Å². The predicted octanol–water partition coefficient (Wildman–Crippen LogP) is 3.65. The first kappa shape index (κ1) is 14.1. The summed E-state index contributed by atoms with van der Waals surface area (Å²) in [5.41, 5.74) is -0.239. The van der Waals surface area contributed by atoms with E-state index in [1.807, 2.05) is 26.8 Å². The number of hydrogen-bond donors (Lipinski definition) is 1. The van der Waals surface area contributed by atoms with Gasteiger partial charge in [0.15, 0.2) is 0 Å². The van der Waals surface area contributed by atoms with E-state index in [1.165, 1.54) is 6.42 Å². The smallest absolute Gasteiger partial charge is 0.408 e. The van der Waals surface area contributed by atoms with Gasteiger partial charge in [-0.05, 0) is 52.0 Å². The number of amides is 1. The zero-order valence-electron chi connectivity index (χ0n) is 11.5. The van der Waals surface area contributed by atoms with Gasteiger partial charge < -0.3 is 10.1 Å². The first-order valence-electron chi connectivity index (χ1n) is 6.52. The van der Waals surface area contributed by atoms with Gasteiger partial charge in [-0.1, -0.05) is 19.4 Å². The lowest BCUT2D eigenvalue weighted by atomic mass is 9.96. The summed E-state index contributed by atoms with van der Waals surface area (Å²) in [6, 6.07) is 0. The van der Waals surface area contributed by atoms with Crippen LogP contribution >= 0.6 is 0 Å². The molecule has 3 nitrogen and oxygen atoms in total. The van der Waals surface area contributed by atoms with Crippen molar-refractivity contribution in [1.29, 1.82) is 0 Å². The lowest BCUT2D eigenvalue weighted by Crippen LogP contribution is -2.42. The summed E-state index contributed by atoms with van der Waals surface area (Å²) < 4.78 is 5.40.